The van der Waals surface area contributed by atoms with Gasteiger partial charge in [0.2, 0.25) is 9.47 Å². The van der Waals surface area contributed by atoms with Crippen molar-refractivity contribution in [1.29, 1.82) is 0 Å². The number of nitrogens with zero attached hydrogens (tertiary/aromatic N) is 3. The molecule has 1 rings (SSSR count). The fourth-order valence-corrected chi connectivity index (χ4v) is 2.01. The summed E-state index contributed by atoms with van der Waals surface area (Å²) in [5, 5.41) is 16.4. The maximum absolute atomic E-state index is 11.9. The fraction of sp³-hybridized carbons (Fsp3) is 0.667. The molecule has 16 heavy (non-hydrogen) atoms. The van der Waals surface area contributed by atoms with Gasteiger partial charge in [0, 0.05) is 13.1 Å². The molecule has 1 heterocycles. The summed E-state index contributed by atoms with van der Waals surface area (Å²) in [6, 6.07) is 0. The lowest BCUT2D eigenvalue weighted by Crippen LogP contribution is -2.34. The third-order valence-electron chi connectivity index (χ3n) is 2.02. The molecule has 0 atom stereocenters. The molecule has 1 aromatic rings. The number of aliphatic hydroxyl groups excluding tert-OH is 1. The van der Waals surface area contributed by atoms with Crippen LogP contribution >= 0.6 is 22.9 Å². The quantitative estimate of drug-likeness (QED) is 0.843. The zero-order valence-corrected chi connectivity index (χ0v) is 10.6. The van der Waals surface area contributed by atoms with Gasteiger partial charge in [-0.05, 0) is 18.0 Å². The minimum absolute atomic E-state index is 0.0536. The van der Waals surface area contributed by atoms with E-state index in [1.54, 1.807) is 4.90 Å². The Kier molecular flexibility index (Phi) is 5.65. The largest absolute Gasteiger partial charge is 0.395 e. The zero-order chi connectivity index (χ0) is 12.0. The van der Waals surface area contributed by atoms with Gasteiger partial charge in [-0.15, -0.1) is 10.2 Å². The van der Waals surface area contributed by atoms with E-state index < -0.39 is 0 Å². The molecule has 0 bridgehead atoms. The molecule has 0 spiro atoms. The number of carbonyl (C=O) groups is 1. The van der Waals surface area contributed by atoms with Crippen molar-refractivity contribution in [2.24, 2.45) is 0 Å². The number of aromatic nitrogens is 2. The third kappa shape index (κ3) is 3.70. The number of halogens is 1. The first-order chi connectivity index (χ1) is 7.69. The van der Waals surface area contributed by atoms with Gasteiger partial charge >= 0.3 is 0 Å². The van der Waals surface area contributed by atoms with E-state index in [1.807, 2.05) is 6.92 Å². The molecule has 1 amide bonds. The molecular weight excluding hydrogens is 250 g/mol. The van der Waals surface area contributed by atoms with Crippen LogP contribution in [0.3, 0.4) is 0 Å². The normalized spacial score (nSPS) is 10.4. The highest BCUT2D eigenvalue weighted by atomic mass is 35.5. The SMILES string of the molecule is CCCCN(CCO)C(=O)c1nnc(Cl)s1. The Bertz CT molecular complexity index is 345. The highest BCUT2D eigenvalue weighted by molar-refractivity contribution is 7.17. The molecule has 0 unspecified atom stereocenters. The first-order valence-corrected chi connectivity index (χ1v) is 6.27. The highest BCUT2D eigenvalue weighted by Gasteiger charge is 2.18. The van der Waals surface area contributed by atoms with Gasteiger partial charge in [0.15, 0.2) is 0 Å². The van der Waals surface area contributed by atoms with E-state index in [0.717, 1.165) is 24.2 Å². The van der Waals surface area contributed by atoms with Crippen LogP contribution < -0.4 is 0 Å². The van der Waals surface area contributed by atoms with Crippen molar-refractivity contribution in [2.75, 3.05) is 19.7 Å². The van der Waals surface area contributed by atoms with E-state index in [4.69, 9.17) is 16.7 Å². The van der Waals surface area contributed by atoms with Gasteiger partial charge in [0.05, 0.1) is 6.61 Å². The van der Waals surface area contributed by atoms with E-state index in [-0.39, 0.29) is 22.0 Å². The standard InChI is InChI=1S/C9H14ClN3O2S/c1-2-3-4-13(5-6-14)8(15)7-11-12-9(10)16-7/h14H,2-6H2,1H3. The Morgan fingerprint density at radius 2 is 2.25 bits per heavy atom. The first-order valence-electron chi connectivity index (χ1n) is 5.08. The Morgan fingerprint density at radius 1 is 1.50 bits per heavy atom. The van der Waals surface area contributed by atoms with E-state index >= 15 is 0 Å². The van der Waals surface area contributed by atoms with Crippen LogP contribution in [0.4, 0.5) is 0 Å². The van der Waals surface area contributed by atoms with Gasteiger partial charge in [0.1, 0.15) is 0 Å². The van der Waals surface area contributed by atoms with Crippen LogP contribution in [0.15, 0.2) is 0 Å². The molecule has 0 saturated heterocycles. The topological polar surface area (TPSA) is 66.3 Å². The van der Waals surface area contributed by atoms with E-state index in [0.29, 0.717) is 13.1 Å². The van der Waals surface area contributed by atoms with E-state index in [1.165, 1.54) is 0 Å². The summed E-state index contributed by atoms with van der Waals surface area (Å²) in [6.07, 6.45) is 1.89. The summed E-state index contributed by atoms with van der Waals surface area (Å²) < 4.78 is 0.253. The minimum Gasteiger partial charge on any atom is -0.395 e. The molecule has 0 aliphatic heterocycles. The molecule has 0 aromatic carbocycles. The average molecular weight is 264 g/mol. The monoisotopic (exact) mass is 263 g/mol. The van der Waals surface area contributed by atoms with Crippen molar-refractivity contribution < 1.29 is 9.90 Å². The third-order valence-corrected chi connectivity index (χ3v) is 3.03. The molecule has 0 saturated carbocycles. The molecular formula is C9H14ClN3O2S. The second-order valence-corrected chi connectivity index (χ2v) is 4.79. The summed E-state index contributed by atoms with van der Waals surface area (Å²) >= 11 is 6.67. The summed E-state index contributed by atoms with van der Waals surface area (Å²) in [6.45, 7) is 2.93. The van der Waals surface area contributed by atoms with Crippen molar-refractivity contribution in [2.45, 2.75) is 19.8 Å². The van der Waals surface area contributed by atoms with Crippen LogP contribution in [0.2, 0.25) is 4.47 Å². The molecule has 0 radical (unpaired) electrons. The van der Waals surface area contributed by atoms with E-state index in [9.17, 15) is 4.79 Å². The Morgan fingerprint density at radius 3 is 2.75 bits per heavy atom. The maximum Gasteiger partial charge on any atom is 0.284 e. The molecule has 90 valence electrons. The molecule has 1 N–H and O–H groups in total. The van der Waals surface area contributed by atoms with Gasteiger partial charge < -0.3 is 10.0 Å². The number of aliphatic hydroxyl groups is 1. The van der Waals surface area contributed by atoms with Crippen LogP contribution in [0.25, 0.3) is 0 Å². The number of unbranched alkanes of at least 4 members (excludes halogenated alkanes) is 1. The van der Waals surface area contributed by atoms with E-state index in [2.05, 4.69) is 10.2 Å². The molecule has 7 heteroatoms. The molecule has 0 aliphatic rings. The molecule has 0 aliphatic carbocycles. The summed E-state index contributed by atoms with van der Waals surface area (Å²) in [5.74, 6) is -0.216. The molecule has 1 aromatic heterocycles. The van der Waals surface area contributed by atoms with Crippen molar-refractivity contribution >= 4 is 28.8 Å². The number of amides is 1. The summed E-state index contributed by atoms with van der Waals surface area (Å²) in [7, 11) is 0. The predicted octanol–water partition coefficient (Wildman–Crippen LogP) is 1.43. The average Bonchev–Trinajstić information content (AvgIpc) is 2.70. The number of rotatable bonds is 6. The van der Waals surface area contributed by atoms with Gasteiger partial charge in [-0.2, -0.15) is 0 Å². The smallest absolute Gasteiger partial charge is 0.284 e. The van der Waals surface area contributed by atoms with Crippen LogP contribution in [0.1, 0.15) is 29.6 Å². The van der Waals surface area contributed by atoms with Gasteiger partial charge in [-0.3, -0.25) is 4.79 Å². The molecule has 5 nitrogen and oxygen atoms in total. The first kappa shape index (κ1) is 13.3. The number of carbonyl (C=O) groups excluding carboxylic acids is 1. The minimum atomic E-state index is -0.216. The number of hydrogen-bond donors (Lipinski definition) is 1. The predicted molar refractivity (Wildman–Crippen MR) is 62.8 cm³/mol. The second-order valence-electron chi connectivity index (χ2n) is 3.23. The molecule has 0 fully saturated rings. The van der Waals surface area contributed by atoms with Crippen LogP contribution in [-0.2, 0) is 0 Å². The second kappa shape index (κ2) is 6.78. The maximum atomic E-state index is 11.9. The lowest BCUT2D eigenvalue weighted by Gasteiger charge is -2.19. The lowest BCUT2D eigenvalue weighted by molar-refractivity contribution is 0.0718. The van der Waals surface area contributed by atoms with Crippen molar-refractivity contribution in [3.63, 3.8) is 0 Å². The Balaban J connectivity index is 2.66. The van der Waals surface area contributed by atoms with Gasteiger partial charge in [-0.1, -0.05) is 24.7 Å². The van der Waals surface area contributed by atoms with Crippen molar-refractivity contribution in [3.05, 3.63) is 9.47 Å². The Hall–Kier alpha value is -0.720. The zero-order valence-electron chi connectivity index (χ0n) is 9.02. The highest BCUT2D eigenvalue weighted by Crippen LogP contribution is 2.16. The van der Waals surface area contributed by atoms with Crippen LogP contribution in [-0.4, -0.2) is 45.8 Å². The summed E-state index contributed by atoms with van der Waals surface area (Å²) in [4.78, 5) is 13.5. The Labute approximate surface area is 103 Å². The van der Waals surface area contributed by atoms with Crippen molar-refractivity contribution in [3.8, 4) is 0 Å². The fourth-order valence-electron chi connectivity index (χ4n) is 1.21. The van der Waals surface area contributed by atoms with Crippen molar-refractivity contribution in [1.82, 2.24) is 15.1 Å². The van der Waals surface area contributed by atoms with Crippen LogP contribution in [0.5, 0.6) is 0 Å². The van der Waals surface area contributed by atoms with Crippen LogP contribution in [0, 0.1) is 0 Å². The van der Waals surface area contributed by atoms with Gasteiger partial charge in [-0.25, -0.2) is 0 Å². The van der Waals surface area contributed by atoms with Gasteiger partial charge in [0.25, 0.3) is 5.91 Å². The lowest BCUT2D eigenvalue weighted by atomic mass is 10.3. The number of hydrogen-bond acceptors (Lipinski definition) is 5. The summed E-state index contributed by atoms with van der Waals surface area (Å²) in [5.41, 5.74) is 0.